The van der Waals surface area contributed by atoms with E-state index in [4.69, 9.17) is 0 Å². The molecule has 6 rings (SSSR count). The van der Waals surface area contributed by atoms with E-state index >= 15 is 0 Å². The lowest BCUT2D eigenvalue weighted by atomic mass is 9.82. The lowest BCUT2D eigenvalue weighted by Gasteiger charge is -2.19. The summed E-state index contributed by atoms with van der Waals surface area (Å²) in [5, 5.41) is 2.83. The molecule has 31 heavy (non-hydrogen) atoms. The number of hydrogen-bond acceptors (Lipinski definition) is 3. The van der Waals surface area contributed by atoms with Gasteiger partial charge in [0, 0.05) is 22.1 Å². The molecule has 0 spiro atoms. The van der Waals surface area contributed by atoms with Gasteiger partial charge >= 0.3 is 0 Å². The molecule has 0 aliphatic heterocycles. The molecule has 0 saturated carbocycles. The number of pyridine rings is 1. The summed E-state index contributed by atoms with van der Waals surface area (Å²) in [7, 11) is 0. The van der Waals surface area contributed by atoms with E-state index in [2.05, 4.69) is 4.98 Å². The third kappa shape index (κ3) is 2.58. The summed E-state index contributed by atoms with van der Waals surface area (Å²) in [6.07, 6.45) is 0. The summed E-state index contributed by atoms with van der Waals surface area (Å²) in [6.45, 7) is 4.00. The Morgan fingerprint density at radius 3 is 2.06 bits per heavy atom. The Balaban J connectivity index is 0.000000994. The maximum Gasteiger partial charge on any atom is 0.197 e. The van der Waals surface area contributed by atoms with Gasteiger partial charge in [-0.05, 0) is 29.0 Å². The van der Waals surface area contributed by atoms with Crippen molar-refractivity contribution in [2.24, 2.45) is 0 Å². The molecule has 1 aliphatic carbocycles. The van der Waals surface area contributed by atoms with Gasteiger partial charge in [-0.15, -0.1) is 0 Å². The molecule has 1 aliphatic rings. The number of carbonyl (C=O) groups excluding carboxylic acids is 2. The maximum atomic E-state index is 13.4. The number of H-pyrrole nitrogens is 1. The second kappa shape index (κ2) is 7.03. The summed E-state index contributed by atoms with van der Waals surface area (Å²) in [5.41, 5.74) is 2.30. The van der Waals surface area contributed by atoms with Crippen molar-refractivity contribution in [3.05, 3.63) is 105 Å². The monoisotopic (exact) mass is 405 g/mol. The molecule has 4 heteroatoms. The lowest BCUT2D eigenvalue weighted by molar-refractivity contribution is 0.0980. The van der Waals surface area contributed by atoms with E-state index in [9.17, 15) is 14.4 Å². The molecule has 0 unspecified atom stereocenters. The van der Waals surface area contributed by atoms with Crippen LogP contribution in [-0.4, -0.2) is 16.6 Å². The van der Waals surface area contributed by atoms with Crippen molar-refractivity contribution in [1.82, 2.24) is 4.98 Å². The van der Waals surface area contributed by atoms with E-state index in [1.165, 1.54) is 0 Å². The Bertz CT molecular complexity index is 1610. The lowest BCUT2D eigenvalue weighted by Crippen LogP contribution is -2.22. The van der Waals surface area contributed by atoms with Crippen molar-refractivity contribution < 1.29 is 9.59 Å². The summed E-state index contributed by atoms with van der Waals surface area (Å²) >= 11 is 0. The smallest absolute Gasteiger partial charge is 0.197 e. The van der Waals surface area contributed by atoms with E-state index in [-0.39, 0.29) is 22.6 Å². The first kappa shape index (κ1) is 18.9. The second-order valence-electron chi connectivity index (χ2n) is 7.28. The predicted molar refractivity (Wildman–Crippen MR) is 124 cm³/mol. The average Bonchev–Trinajstić information content (AvgIpc) is 2.83. The van der Waals surface area contributed by atoms with Crippen LogP contribution in [0.15, 0.2) is 77.6 Å². The van der Waals surface area contributed by atoms with Gasteiger partial charge in [-0.25, -0.2) is 0 Å². The quantitative estimate of drug-likeness (QED) is 0.263. The van der Waals surface area contributed by atoms with E-state index in [1.54, 1.807) is 36.4 Å². The minimum absolute atomic E-state index is 0.146. The number of hydrogen-bond donors (Lipinski definition) is 1. The van der Waals surface area contributed by atoms with Crippen LogP contribution in [0.2, 0.25) is 0 Å². The molecule has 5 aromatic rings. The van der Waals surface area contributed by atoms with Crippen LogP contribution in [-0.2, 0) is 0 Å². The van der Waals surface area contributed by atoms with Crippen LogP contribution in [0.25, 0.3) is 32.6 Å². The molecule has 4 aromatic carbocycles. The first-order valence-electron chi connectivity index (χ1n) is 10.3. The van der Waals surface area contributed by atoms with Gasteiger partial charge in [0.15, 0.2) is 17.0 Å². The number of benzene rings is 4. The van der Waals surface area contributed by atoms with Crippen molar-refractivity contribution in [3.8, 4) is 0 Å². The van der Waals surface area contributed by atoms with Gasteiger partial charge in [-0.2, -0.15) is 0 Å². The number of ketones is 2. The van der Waals surface area contributed by atoms with Gasteiger partial charge in [-0.3, -0.25) is 14.4 Å². The molecule has 150 valence electrons. The molecule has 1 N–H and O–H groups in total. The number of aromatic amines is 1. The van der Waals surface area contributed by atoms with Gasteiger partial charge in [0.25, 0.3) is 0 Å². The molecule has 1 aromatic heterocycles. The number of aromatic nitrogens is 1. The normalized spacial score (nSPS) is 12.5. The van der Waals surface area contributed by atoms with E-state index in [1.807, 2.05) is 50.2 Å². The highest BCUT2D eigenvalue weighted by atomic mass is 16.1. The zero-order valence-electron chi connectivity index (χ0n) is 17.2. The minimum Gasteiger partial charge on any atom is -0.354 e. The van der Waals surface area contributed by atoms with Crippen molar-refractivity contribution in [2.45, 2.75) is 13.8 Å². The van der Waals surface area contributed by atoms with Crippen molar-refractivity contribution in [2.75, 3.05) is 0 Å². The fourth-order valence-corrected chi connectivity index (χ4v) is 4.40. The zero-order valence-corrected chi connectivity index (χ0v) is 17.2. The number of fused-ring (bicyclic) bond motifs is 7. The van der Waals surface area contributed by atoms with Crippen molar-refractivity contribution in [1.29, 1.82) is 0 Å². The number of nitrogens with one attached hydrogen (secondary N) is 1. The third-order valence-corrected chi connectivity index (χ3v) is 5.75. The topological polar surface area (TPSA) is 67.0 Å². The van der Waals surface area contributed by atoms with Gasteiger partial charge in [0.1, 0.15) is 0 Å². The summed E-state index contributed by atoms with van der Waals surface area (Å²) in [4.78, 5) is 42.9. The summed E-state index contributed by atoms with van der Waals surface area (Å²) < 4.78 is 0. The molecular formula is C27H19NO3. The standard InChI is InChI=1S/C25H13NO3.C2H6/c27-23-15-7-3-4-8-16(15)24(28)21-17(23)10-11-18-22(21)26-19-12-9-13-5-1-2-6-14(13)20(19)25(18)29;1-2/h1-12H,(H,26,29);1-2H3. The predicted octanol–water partition coefficient (Wildman–Crippen LogP) is 5.64. The molecule has 0 radical (unpaired) electrons. The van der Waals surface area contributed by atoms with Crippen LogP contribution in [0.4, 0.5) is 0 Å². The summed E-state index contributed by atoms with van der Waals surface area (Å²) in [6, 6.07) is 21.6. The Morgan fingerprint density at radius 2 is 1.29 bits per heavy atom. The van der Waals surface area contributed by atoms with Gasteiger partial charge in [-0.1, -0.05) is 68.4 Å². The van der Waals surface area contributed by atoms with Crippen LogP contribution in [0, 0.1) is 0 Å². The molecule has 0 saturated heterocycles. The highest BCUT2D eigenvalue weighted by molar-refractivity contribution is 6.32. The van der Waals surface area contributed by atoms with Gasteiger partial charge in [0.05, 0.1) is 22.0 Å². The highest BCUT2D eigenvalue weighted by Crippen LogP contribution is 2.32. The van der Waals surface area contributed by atoms with E-state index in [0.717, 1.165) is 10.8 Å². The minimum atomic E-state index is -0.239. The van der Waals surface area contributed by atoms with Gasteiger partial charge < -0.3 is 4.98 Å². The Morgan fingerprint density at radius 1 is 0.613 bits per heavy atom. The fraction of sp³-hybridized carbons (Fsp3) is 0.0741. The largest absolute Gasteiger partial charge is 0.354 e. The van der Waals surface area contributed by atoms with Crippen molar-refractivity contribution >= 4 is 44.1 Å². The Labute approximate surface area is 178 Å². The molecular weight excluding hydrogens is 386 g/mol. The first-order chi connectivity index (χ1) is 15.1. The maximum absolute atomic E-state index is 13.4. The third-order valence-electron chi connectivity index (χ3n) is 5.75. The molecule has 1 heterocycles. The molecule has 0 fully saturated rings. The molecule has 0 atom stereocenters. The van der Waals surface area contributed by atoms with Crippen LogP contribution >= 0.6 is 0 Å². The first-order valence-corrected chi connectivity index (χ1v) is 10.3. The zero-order chi connectivity index (χ0) is 21.7. The highest BCUT2D eigenvalue weighted by Gasteiger charge is 2.31. The Hall–Kier alpha value is -4.05. The fourth-order valence-electron chi connectivity index (χ4n) is 4.40. The van der Waals surface area contributed by atoms with Crippen molar-refractivity contribution in [3.63, 3.8) is 0 Å². The van der Waals surface area contributed by atoms with Gasteiger partial charge in [0.2, 0.25) is 0 Å². The average molecular weight is 405 g/mol. The number of rotatable bonds is 0. The summed E-state index contributed by atoms with van der Waals surface area (Å²) in [5.74, 6) is -0.437. The Kier molecular flexibility index (Phi) is 4.29. The van der Waals surface area contributed by atoms with Crippen LogP contribution in [0.1, 0.15) is 45.7 Å². The van der Waals surface area contributed by atoms with Crippen LogP contribution < -0.4 is 5.43 Å². The van der Waals surface area contributed by atoms with Crippen LogP contribution in [0.5, 0.6) is 0 Å². The molecule has 0 amide bonds. The second-order valence-corrected chi connectivity index (χ2v) is 7.28. The van der Waals surface area contributed by atoms with E-state index in [0.29, 0.717) is 38.5 Å². The number of carbonyl (C=O) groups is 2. The SMILES string of the molecule is CC.O=C1c2ccccc2C(=O)c2c1ccc1c(=O)c3c(ccc4ccccc43)[nH]c21. The molecule has 0 bridgehead atoms. The molecule has 4 nitrogen and oxygen atoms in total. The van der Waals surface area contributed by atoms with Crippen LogP contribution in [0.3, 0.4) is 0 Å². The van der Waals surface area contributed by atoms with E-state index < -0.39 is 0 Å².